The first-order valence-corrected chi connectivity index (χ1v) is 17.6. The SMILES string of the molecule is Cc1cc2c(c(-c3ccc4ccccc4n3)c1C)Cc1ccccc1-2.Cc1cc2c(c(-c3ccc4ccccc4n3)c1C)Cc1ccccc1-2.[Ir+3]. The molecule has 2 aliphatic carbocycles. The number of aromatic nitrogens is 2. The predicted octanol–water partition coefficient (Wildman–Crippen LogP) is 12.2. The van der Waals surface area contributed by atoms with E-state index in [1.165, 1.54) is 88.7 Å². The van der Waals surface area contributed by atoms with Gasteiger partial charge in [-0.15, -0.1) is 0 Å². The Bertz CT molecular complexity index is 2470. The van der Waals surface area contributed by atoms with Gasteiger partial charge >= 0.3 is 20.1 Å². The Hall–Kier alpha value is -5.21. The summed E-state index contributed by atoms with van der Waals surface area (Å²) in [5, 5.41) is 2.38. The zero-order valence-electron chi connectivity index (χ0n) is 29.3. The fraction of sp³-hybridized carbons (Fsp3) is 0.125. The minimum Gasteiger partial charge on any atom is -0.248 e. The van der Waals surface area contributed by atoms with Crippen molar-refractivity contribution in [3.05, 3.63) is 178 Å². The number of rotatable bonds is 2. The fourth-order valence-corrected chi connectivity index (χ4v) is 8.15. The zero-order valence-corrected chi connectivity index (χ0v) is 31.7. The van der Waals surface area contributed by atoms with Gasteiger partial charge in [-0.3, -0.25) is 0 Å². The summed E-state index contributed by atoms with van der Waals surface area (Å²) in [4.78, 5) is 9.98. The summed E-state index contributed by atoms with van der Waals surface area (Å²) >= 11 is 0. The third kappa shape index (κ3) is 5.62. The van der Waals surface area contributed by atoms with Gasteiger partial charge in [0.1, 0.15) is 0 Å². The van der Waals surface area contributed by atoms with Crippen LogP contribution in [0.2, 0.25) is 0 Å². The average molecular weight is 835 g/mol. The van der Waals surface area contributed by atoms with Gasteiger partial charge < -0.3 is 0 Å². The average Bonchev–Trinajstić information content (AvgIpc) is 3.70. The zero-order chi connectivity index (χ0) is 33.9. The molecule has 0 amide bonds. The third-order valence-electron chi connectivity index (χ3n) is 11.0. The molecule has 246 valence electrons. The van der Waals surface area contributed by atoms with E-state index in [2.05, 4.69) is 161 Å². The second-order valence-corrected chi connectivity index (χ2v) is 13.9. The Balaban J connectivity index is 0.000000144. The molecule has 2 heterocycles. The maximum Gasteiger partial charge on any atom is 3.00 e. The summed E-state index contributed by atoms with van der Waals surface area (Å²) in [7, 11) is 0. The van der Waals surface area contributed by atoms with Gasteiger partial charge in [0, 0.05) is 21.9 Å². The number of aryl methyl sites for hydroxylation is 2. The molecule has 8 aromatic rings. The summed E-state index contributed by atoms with van der Waals surface area (Å²) < 4.78 is 0. The van der Waals surface area contributed by atoms with E-state index in [1.54, 1.807) is 0 Å². The molecule has 10 rings (SSSR count). The van der Waals surface area contributed by atoms with Gasteiger partial charge in [0.2, 0.25) is 0 Å². The Morgan fingerprint density at radius 3 is 1.25 bits per heavy atom. The van der Waals surface area contributed by atoms with Gasteiger partial charge in [-0.05, 0) is 132 Å². The molecule has 6 aromatic carbocycles. The maximum atomic E-state index is 4.99. The number of pyridine rings is 2. The number of fused-ring (bicyclic) bond motifs is 8. The number of hydrogen-bond acceptors (Lipinski definition) is 2. The van der Waals surface area contributed by atoms with Crippen LogP contribution in [0.5, 0.6) is 0 Å². The van der Waals surface area contributed by atoms with E-state index in [9.17, 15) is 0 Å². The smallest absolute Gasteiger partial charge is 0.248 e. The molecule has 0 radical (unpaired) electrons. The van der Waals surface area contributed by atoms with Crippen molar-refractivity contribution in [2.75, 3.05) is 0 Å². The number of hydrogen-bond donors (Lipinski definition) is 0. The van der Waals surface area contributed by atoms with Crippen molar-refractivity contribution in [3.63, 3.8) is 0 Å². The number of para-hydroxylation sites is 2. The van der Waals surface area contributed by atoms with Crippen molar-refractivity contribution in [3.8, 4) is 44.8 Å². The molecular formula is C48H38IrN2+3. The first-order valence-electron chi connectivity index (χ1n) is 17.6. The summed E-state index contributed by atoms with van der Waals surface area (Å²) in [6, 6.07) is 47.6. The van der Waals surface area contributed by atoms with E-state index >= 15 is 0 Å². The van der Waals surface area contributed by atoms with Crippen LogP contribution in [-0.4, -0.2) is 9.97 Å². The molecule has 0 saturated carbocycles. The molecule has 0 spiro atoms. The molecule has 2 aromatic heterocycles. The van der Waals surface area contributed by atoms with Crippen LogP contribution in [0, 0.1) is 27.7 Å². The monoisotopic (exact) mass is 835 g/mol. The molecule has 51 heavy (non-hydrogen) atoms. The van der Waals surface area contributed by atoms with Crippen LogP contribution >= 0.6 is 0 Å². The van der Waals surface area contributed by atoms with E-state index < -0.39 is 0 Å². The molecule has 0 N–H and O–H groups in total. The summed E-state index contributed by atoms with van der Waals surface area (Å²) in [6.45, 7) is 8.87. The van der Waals surface area contributed by atoms with Gasteiger partial charge in [0.25, 0.3) is 0 Å². The van der Waals surface area contributed by atoms with Crippen molar-refractivity contribution >= 4 is 21.8 Å². The Kier molecular flexibility index (Phi) is 8.50. The van der Waals surface area contributed by atoms with E-state index in [1.807, 2.05) is 0 Å². The van der Waals surface area contributed by atoms with Crippen molar-refractivity contribution in [1.82, 2.24) is 9.97 Å². The van der Waals surface area contributed by atoms with Gasteiger partial charge in [0.15, 0.2) is 0 Å². The second-order valence-electron chi connectivity index (χ2n) is 13.9. The van der Waals surface area contributed by atoms with Gasteiger partial charge in [-0.25, -0.2) is 9.97 Å². The molecule has 0 fully saturated rings. The maximum absolute atomic E-state index is 4.99. The van der Waals surface area contributed by atoms with E-state index in [0.717, 1.165) is 35.3 Å². The second kappa shape index (κ2) is 13.2. The number of nitrogens with zero attached hydrogens (tertiary/aromatic N) is 2. The molecule has 0 unspecified atom stereocenters. The summed E-state index contributed by atoms with van der Waals surface area (Å²) in [6.07, 6.45) is 1.99. The minimum absolute atomic E-state index is 0. The molecular weight excluding hydrogens is 797 g/mol. The van der Waals surface area contributed by atoms with Gasteiger partial charge in [0.05, 0.1) is 22.4 Å². The minimum atomic E-state index is 0. The van der Waals surface area contributed by atoms with E-state index in [0.29, 0.717) is 0 Å². The normalized spacial score (nSPS) is 12.0. The molecule has 0 aliphatic heterocycles. The quantitative estimate of drug-likeness (QED) is 0.173. The van der Waals surface area contributed by atoms with Gasteiger partial charge in [-0.2, -0.15) is 0 Å². The van der Waals surface area contributed by atoms with Crippen LogP contribution < -0.4 is 0 Å². The van der Waals surface area contributed by atoms with Gasteiger partial charge in [-0.1, -0.05) is 109 Å². The van der Waals surface area contributed by atoms with E-state index in [-0.39, 0.29) is 20.1 Å². The largest absolute Gasteiger partial charge is 3.00 e. The molecule has 2 aliphatic rings. The number of benzene rings is 6. The van der Waals surface area contributed by atoms with Crippen LogP contribution in [0.25, 0.3) is 66.6 Å². The van der Waals surface area contributed by atoms with Crippen LogP contribution in [0.1, 0.15) is 44.5 Å². The summed E-state index contributed by atoms with van der Waals surface area (Å²) in [5.74, 6) is 0. The van der Waals surface area contributed by atoms with Crippen molar-refractivity contribution in [2.24, 2.45) is 0 Å². The topological polar surface area (TPSA) is 25.8 Å². The van der Waals surface area contributed by atoms with Crippen LogP contribution in [0.3, 0.4) is 0 Å². The van der Waals surface area contributed by atoms with Crippen LogP contribution in [-0.2, 0) is 32.9 Å². The third-order valence-corrected chi connectivity index (χ3v) is 11.0. The molecule has 0 saturated heterocycles. The Labute approximate surface area is 313 Å². The van der Waals surface area contributed by atoms with Crippen molar-refractivity contribution < 1.29 is 20.1 Å². The molecule has 2 nitrogen and oxygen atoms in total. The standard InChI is InChI=1S/2C24H19N.Ir/c2*1-15-13-20-19-9-5-3-8-18(19)14-21(20)24(16(15)2)23-12-11-17-7-4-6-10-22(17)25-23;/h2*3-13H,14H2,1-2H3;/q;;+3. The summed E-state index contributed by atoms with van der Waals surface area (Å²) in [5.41, 5.74) is 23.5. The molecule has 0 bridgehead atoms. The Morgan fingerprint density at radius 2 is 0.804 bits per heavy atom. The van der Waals surface area contributed by atoms with Crippen LogP contribution in [0.4, 0.5) is 0 Å². The first-order chi connectivity index (χ1) is 24.4. The first kappa shape index (κ1) is 33.0. The predicted molar refractivity (Wildman–Crippen MR) is 210 cm³/mol. The van der Waals surface area contributed by atoms with Crippen LogP contribution in [0.15, 0.2) is 133 Å². The Morgan fingerprint density at radius 1 is 0.412 bits per heavy atom. The van der Waals surface area contributed by atoms with Crippen molar-refractivity contribution in [2.45, 2.75) is 40.5 Å². The molecule has 3 heteroatoms. The molecule has 0 atom stereocenters. The fourth-order valence-electron chi connectivity index (χ4n) is 8.15. The van der Waals surface area contributed by atoms with Crippen molar-refractivity contribution in [1.29, 1.82) is 0 Å². The van der Waals surface area contributed by atoms with E-state index in [4.69, 9.17) is 9.97 Å².